The maximum Gasteiger partial charge on any atom is 0.270 e. The quantitative estimate of drug-likeness (QED) is 0.461. The van der Waals surface area contributed by atoms with Crippen molar-refractivity contribution in [2.24, 2.45) is 5.92 Å². The molecule has 0 fully saturated rings. The van der Waals surface area contributed by atoms with Gasteiger partial charge in [0.25, 0.3) is 5.69 Å². The number of non-ortho nitro benzene ring substituents is 1. The molecule has 0 aliphatic heterocycles. The van der Waals surface area contributed by atoms with Crippen LogP contribution < -0.4 is 0 Å². The third-order valence-electron chi connectivity index (χ3n) is 2.57. The van der Waals surface area contributed by atoms with Crippen molar-refractivity contribution in [3.8, 4) is 0 Å². The summed E-state index contributed by atoms with van der Waals surface area (Å²) in [6, 6.07) is 4.92. The minimum Gasteiger partial charge on any atom is -0.258 e. The van der Waals surface area contributed by atoms with E-state index in [0.29, 0.717) is 10.7 Å². The second kappa shape index (κ2) is 5.77. The molecule has 0 spiro atoms. The molecule has 3 nitrogen and oxygen atoms in total. The predicted molar refractivity (Wildman–Crippen MR) is 72.1 cm³/mol. The summed E-state index contributed by atoms with van der Waals surface area (Å²) in [4.78, 5) is 10.6. The van der Waals surface area contributed by atoms with Crippen LogP contribution in [0.3, 0.4) is 0 Å². The lowest BCUT2D eigenvalue weighted by Crippen LogP contribution is -2.10. The summed E-state index contributed by atoms with van der Waals surface area (Å²) >= 11 is 6.91. The zero-order valence-electron chi connectivity index (χ0n) is 9.11. The Kier molecular flexibility index (Phi) is 4.92. The highest BCUT2D eigenvalue weighted by Gasteiger charge is 2.14. The largest absolute Gasteiger partial charge is 0.270 e. The highest BCUT2D eigenvalue weighted by Crippen LogP contribution is 2.27. The van der Waals surface area contributed by atoms with Gasteiger partial charge in [0.2, 0.25) is 0 Å². The van der Waals surface area contributed by atoms with Crippen LogP contribution in [0.15, 0.2) is 22.7 Å². The molecule has 88 valence electrons. The summed E-state index contributed by atoms with van der Waals surface area (Å²) in [6.45, 7) is 4.25. The van der Waals surface area contributed by atoms with Crippen molar-refractivity contribution in [1.82, 2.24) is 0 Å². The van der Waals surface area contributed by atoms with Crippen LogP contribution in [0.1, 0.15) is 19.4 Å². The summed E-state index contributed by atoms with van der Waals surface area (Å²) in [6.07, 6.45) is 0.894. The van der Waals surface area contributed by atoms with Crippen molar-refractivity contribution in [3.63, 3.8) is 0 Å². The van der Waals surface area contributed by atoms with Gasteiger partial charge in [0.1, 0.15) is 0 Å². The van der Waals surface area contributed by atoms with E-state index in [4.69, 9.17) is 0 Å². The Morgan fingerprint density at radius 1 is 1.44 bits per heavy atom. The molecule has 0 heterocycles. The van der Waals surface area contributed by atoms with Gasteiger partial charge in [-0.15, -0.1) is 0 Å². The fraction of sp³-hybridized carbons (Fsp3) is 0.455. The summed E-state index contributed by atoms with van der Waals surface area (Å²) < 4.78 is 0.807. The van der Waals surface area contributed by atoms with Gasteiger partial charge in [0.15, 0.2) is 0 Å². The number of hydrogen-bond acceptors (Lipinski definition) is 2. The van der Waals surface area contributed by atoms with Crippen molar-refractivity contribution in [1.29, 1.82) is 0 Å². The zero-order chi connectivity index (χ0) is 12.3. The molecule has 5 heteroatoms. The standard InChI is InChI=1S/C11H13Br2NO2/c1-7(8(2)12)5-9-3-4-10(14(15)16)6-11(9)13/h3-4,6-8H,5H2,1-2H3. The SMILES string of the molecule is CC(Br)C(C)Cc1ccc([N+](=O)[O-])cc1Br. The summed E-state index contributed by atoms with van der Waals surface area (Å²) in [5, 5.41) is 10.6. The molecule has 1 aromatic carbocycles. The van der Waals surface area contributed by atoms with E-state index in [-0.39, 0.29) is 10.6 Å². The molecule has 0 radical (unpaired) electrons. The number of alkyl halides is 1. The van der Waals surface area contributed by atoms with Gasteiger partial charge in [-0.2, -0.15) is 0 Å². The highest BCUT2D eigenvalue weighted by atomic mass is 79.9. The van der Waals surface area contributed by atoms with E-state index < -0.39 is 0 Å². The lowest BCUT2D eigenvalue weighted by atomic mass is 9.99. The lowest BCUT2D eigenvalue weighted by Gasteiger charge is -2.14. The number of hydrogen-bond donors (Lipinski definition) is 0. The third kappa shape index (κ3) is 3.56. The Labute approximate surface area is 112 Å². The average Bonchev–Trinajstić information content (AvgIpc) is 2.20. The fourth-order valence-electron chi connectivity index (χ4n) is 1.32. The molecule has 1 rings (SSSR count). The van der Waals surface area contributed by atoms with E-state index >= 15 is 0 Å². The van der Waals surface area contributed by atoms with Crippen molar-refractivity contribution in [2.45, 2.75) is 25.1 Å². The van der Waals surface area contributed by atoms with Crippen LogP contribution in [0.2, 0.25) is 0 Å². The molecule has 0 saturated heterocycles. The number of nitro groups is 1. The second-order valence-corrected chi connectivity index (χ2v) is 6.19. The van der Waals surface area contributed by atoms with E-state index in [2.05, 4.69) is 45.7 Å². The molecular formula is C11H13Br2NO2. The molecule has 0 bridgehead atoms. The Morgan fingerprint density at radius 2 is 2.06 bits per heavy atom. The Morgan fingerprint density at radius 3 is 2.50 bits per heavy atom. The van der Waals surface area contributed by atoms with Crippen LogP contribution in [0, 0.1) is 16.0 Å². The van der Waals surface area contributed by atoms with Crippen molar-refractivity contribution >= 4 is 37.5 Å². The molecule has 0 amide bonds. The first-order valence-electron chi connectivity index (χ1n) is 4.98. The van der Waals surface area contributed by atoms with E-state index in [9.17, 15) is 10.1 Å². The van der Waals surface area contributed by atoms with E-state index in [1.807, 2.05) is 6.07 Å². The third-order valence-corrected chi connectivity index (χ3v) is 4.21. The predicted octanol–water partition coefficient (Wildman–Crippen LogP) is 4.32. The second-order valence-electron chi connectivity index (χ2n) is 3.89. The number of halogens is 2. The van der Waals surface area contributed by atoms with E-state index in [1.165, 1.54) is 0 Å². The van der Waals surface area contributed by atoms with Crippen molar-refractivity contribution < 1.29 is 4.92 Å². The Hall–Kier alpha value is -0.420. The molecule has 0 aliphatic rings. The zero-order valence-corrected chi connectivity index (χ0v) is 12.3. The van der Waals surface area contributed by atoms with Crippen LogP contribution in [0.4, 0.5) is 5.69 Å². The minimum absolute atomic E-state index is 0.121. The van der Waals surface area contributed by atoms with Gasteiger partial charge in [-0.25, -0.2) is 0 Å². The smallest absolute Gasteiger partial charge is 0.258 e. The molecule has 0 saturated carbocycles. The maximum absolute atomic E-state index is 10.6. The molecule has 1 aromatic rings. The molecule has 0 N–H and O–H groups in total. The summed E-state index contributed by atoms with van der Waals surface area (Å²) in [7, 11) is 0. The first-order valence-corrected chi connectivity index (χ1v) is 6.69. The monoisotopic (exact) mass is 349 g/mol. The van der Waals surface area contributed by atoms with Gasteiger partial charge in [-0.05, 0) is 17.9 Å². The van der Waals surface area contributed by atoms with Crippen LogP contribution in [0.5, 0.6) is 0 Å². The van der Waals surface area contributed by atoms with Crippen molar-refractivity contribution in [2.75, 3.05) is 0 Å². The van der Waals surface area contributed by atoms with Gasteiger partial charge >= 0.3 is 0 Å². The molecule has 2 unspecified atom stereocenters. The first kappa shape index (κ1) is 13.6. The van der Waals surface area contributed by atoms with Crippen LogP contribution in [-0.2, 0) is 6.42 Å². The van der Waals surface area contributed by atoms with Gasteiger partial charge in [-0.3, -0.25) is 10.1 Å². The highest BCUT2D eigenvalue weighted by molar-refractivity contribution is 9.10. The molecular weight excluding hydrogens is 338 g/mol. The van der Waals surface area contributed by atoms with Crippen LogP contribution in [-0.4, -0.2) is 9.75 Å². The summed E-state index contributed by atoms with van der Waals surface area (Å²) in [5.74, 6) is 0.484. The lowest BCUT2D eigenvalue weighted by molar-refractivity contribution is -0.384. The van der Waals surface area contributed by atoms with Gasteiger partial charge in [0, 0.05) is 21.4 Å². The summed E-state index contributed by atoms with van der Waals surface area (Å²) in [5.41, 5.74) is 1.22. The van der Waals surface area contributed by atoms with Gasteiger partial charge in [-0.1, -0.05) is 51.8 Å². The first-order chi connectivity index (χ1) is 7.41. The number of nitrogens with zero attached hydrogens (tertiary/aromatic N) is 1. The maximum atomic E-state index is 10.6. The van der Waals surface area contributed by atoms with E-state index in [1.54, 1.807) is 12.1 Å². The number of benzene rings is 1. The Balaban J connectivity index is 2.87. The topological polar surface area (TPSA) is 43.1 Å². The number of nitro benzene ring substituents is 1. The minimum atomic E-state index is -0.384. The molecule has 16 heavy (non-hydrogen) atoms. The van der Waals surface area contributed by atoms with Crippen molar-refractivity contribution in [3.05, 3.63) is 38.3 Å². The molecule has 2 atom stereocenters. The van der Waals surface area contributed by atoms with Crippen LogP contribution in [0.25, 0.3) is 0 Å². The normalized spacial score (nSPS) is 14.5. The van der Waals surface area contributed by atoms with E-state index in [0.717, 1.165) is 16.5 Å². The number of rotatable bonds is 4. The van der Waals surface area contributed by atoms with Crippen LogP contribution >= 0.6 is 31.9 Å². The van der Waals surface area contributed by atoms with Gasteiger partial charge < -0.3 is 0 Å². The van der Waals surface area contributed by atoms with Gasteiger partial charge in [0.05, 0.1) is 4.92 Å². The Bertz CT molecular complexity index is 394. The molecule has 0 aliphatic carbocycles. The fourth-order valence-corrected chi connectivity index (χ4v) is 2.04. The average molecular weight is 351 g/mol. The molecule has 0 aromatic heterocycles.